The van der Waals surface area contributed by atoms with Gasteiger partial charge < -0.3 is 0 Å². The minimum atomic E-state index is 1.25. The third-order valence-corrected chi connectivity index (χ3v) is 25.3. The molecule has 0 aliphatic carbocycles. The SMILES string of the molecule is Cc1cc(C)cc(-c2ccccc2-c2ccccc2-c2ccccc2C)c1.Cc1ccc(-c2cccc(-c3cc(C)cc(-c4cccc(C)c4)c3)c2)cc1.Cc1ccc(-c2ccccc2-c2ccc(C)cc2-c2ccc(C)cc2)cc1.Cc1cccc(-c2ccc(-c3ccc(-c4cc(C)cc(C)c4)cc3)cc2)c1.Cc1cccc(-c2ccc(-c3ccccc3-c3cc(C)cc(C)c3)cc2)c1. The maximum atomic E-state index is 2.30. The molecular formula is C135H120. The van der Waals surface area contributed by atoms with Crippen molar-refractivity contribution in [2.24, 2.45) is 0 Å². The third-order valence-electron chi connectivity index (χ3n) is 25.3. The normalized spacial score (nSPS) is 10.8. The summed E-state index contributed by atoms with van der Waals surface area (Å²) >= 11 is 0. The molecular weight excluding hydrogens is 1620 g/mol. The van der Waals surface area contributed by atoms with Gasteiger partial charge in [0.15, 0.2) is 0 Å². The maximum Gasteiger partial charge on any atom is -0.00990 e. The molecule has 20 aromatic carbocycles. The van der Waals surface area contributed by atoms with Gasteiger partial charge in [0.05, 0.1) is 0 Å². The lowest BCUT2D eigenvalue weighted by atomic mass is 9.87. The van der Waals surface area contributed by atoms with Crippen LogP contribution in [0.4, 0.5) is 0 Å². The maximum absolute atomic E-state index is 2.30. The third kappa shape index (κ3) is 23.7. The monoisotopic (exact) mass is 1740 g/mol. The standard InChI is InChI=1S/5C27H24/c1-19-10-12-22(13-11-19)24-8-5-9-25(17-24)27-16-21(3)15-26(18-27)23-7-4-6-20(2)14-23;1-19-16-20(2)18-22(17-19)24-12-6-7-14-26(24)27-15-9-8-13-25(27)23-11-5-4-10-21(23)3;1-19-7-6-8-24(16-19)22-11-13-23(14-12-22)26-9-4-5-10-27(26)25-17-20(2)15-21(3)18-25;1-19-5-4-6-26(16-19)24-11-7-22(8-12-24)23-9-13-25(14-10-23)27-17-20(2)15-21(3)18-27;1-19-8-13-22(14-9-19)24-6-4-5-7-25(24)26-17-12-21(3)18-27(26)23-15-10-20(2)11-16-23/h5*4-18H,1-3H3. The summed E-state index contributed by atoms with van der Waals surface area (Å²) in [4.78, 5) is 0. The summed E-state index contributed by atoms with van der Waals surface area (Å²) in [6, 6.07) is 165. The van der Waals surface area contributed by atoms with Crippen molar-refractivity contribution in [2.75, 3.05) is 0 Å². The van der Waals surface area contributed by atoms with E-state index < -0.39 is 0 Å². The summed E-state index contributed by atoms with van der Waals surface area (Å²) in [7, 11) is 0. The Bertz CT molecular complexity index is 7440. The fraction of sp³-hybridized carbons (Fsp3) is 0.111. The predicted octanol–water partition coefficient (Wildman–Crippen LogP) is 38.1. The van der Waals surface area contributed by atoms with Gasteiger partial charge in [-0.25, -0.2) is 0 Å². The highest BCUT2D eigenvalue weighted by molar-refractivity contribution is 5.95. The predicted molar refractivity (Wildman–Crippen MR) is 585 cm³/mol. The van der Waals surface area contributed by atoms with Crippen molar-refractivity contribution in [3.63, 3.8) is 0 Å². The van der Waals surface area contributed by atoms with Crippen molar-refractivity contribution in [3.05, 3.63) is 538 Å². The Morgan fingerprint density at radius 1 is 0.0815 bits per heavy atom. The van der Waals surface area contributed by atoms with Crippen molar-refractivity contribution in [2.45, 2.75) is 104 Å². The number of hydrogen-bond donors (Lipinski definition) is 0. The van der Waals surface area contributed by atoms with E-state index in [1.165, 1.54) is 250 Å². The molecule has 0 fully saturated rings. The summed E-state index contributed by atoms with van der Waals surface area (Å²) in [6.45, 7) is 32.3. The first-order valence-corrected chi connectivity index (χ1v) is 47.3. The molecule has 0 aliphatic heterocycles. The van der Waals surface area contributed by atoms with E-state index in [-0.39, 0.29) is 0 Å². The fourth-order valence-corrected chi connectivity index (χ4v) is 18.5. The van der Waals surface area contributed by atoms with Gasteiger partial charge in [-0.1, -0.05) is 515 Å². The molecule has 0 atom stereocenters. The Labute approximate surface area is 803 Å². The Morgan fingerprint density at radius 3 is 0.644 bits per heavy atom. The topological polar surface area (TPSA) is 0 Å². The molecule has 0 radical (unpaired) electrons. The molecule has 20 aromatic rings. The van der Waals surface area contributed by atoms with Crippen LogP contribution >= 0.6 is 0 Å². The number of aryl methyl sites for hydroxylation is 15. The summed E-state index contributed by atoms with van der Waals surface area (Å²) < 4.78 is 0. The molecule has 0 heterocycles. The van der Waals surface area contributed by atoms with E-state index in [1.807, 2.05) is 0 Å². The van der Waals surface area contributed by atoms with Crippen molar-refractivity contribution in [1.82, 2.24) is 0 Å². The van der Waals surface area contributed by atoms with Crippen LogP contribution in [0.2, 0.25) is 0 Å². The second-order valence-electron chi connectivity index (χ2n) is 36.8. The van der Waals surface area contributed by atoms with E-state index >= 15 is 0 Å². The van der Waals surface area contributed by atoms with E-state index in [0.29, 0.717) is 0 Å². The average molecular weight is 1740 g/mol. The van der Waals surface area contributed by atoms with Crippen LogP contribution in [0.15, 0.2) is 455 Å². The van der Waals surface area contributed by atoms with Gasteiger partial charge in [0.1, 0.15) is 0 Å². The van der Waals surface area contributed by atoms with Crippen molar-refractivity contribution in [1.29, 1.82) is 0 Å². The highest BCUT2D eigenvalue weighted by atomic mass is 14.2. The average Bonchev–Trinajstić information content (AvgIpc) is 0.787. The molecule has 135 heavy (non-hydrogen) atoms. The minimum Gasteiger partial charge on any atom is -0.0620 e. The molecule has 0 N–H and O–H groups in total. The lowest BCUT2D eigenvalue weighted by Gasteiger charge is -2.16. The first-order chi connectivity index (χ1) is 65.5. The van der Waals surface area contributed by atoms with Gasteiger partial charge >= 0.3 is 0 Å². The summed E-state index contributed by atoms with van der Waals surface area (Å²) in [5, 5.41) is 0. The number of benzene rings is 20. The fourth-order valence-electron chi connectivity index (χ4n) is 18.5. The number of rotatable bonds is 15. The van der Waals surface area contributed by atoms with Gasteiger partial charge in [-0.2, -0.15) is 0 Å². The molecule has 20 rings (SSSR count). The van der Waals surface area contributed by atoms with E-state index in [0.717, 1.165) is 0 Å². The molecule has 0 aromatic heterocycles. The van der Waals surface area contributed by atoms with Gasteiger partial charge in [-0.05, 0) is 294 Å². The van der Waals surface area contributed by atoms with Crippen molar-refractivity contribution >= 4 is 0 Å². The summed E-state index contributed by atoms with van der Waals surface area (Å²) in [5.74, 6) is 0. The summed E-state index contributed by atoms with van der Waals surface area (Å²) in [6.07, 6.45) is 0. The van der Waals surface area contributed by atoms with E-state index in [1.54, 1.807) is 0 Å². The van der Waals surface area contributed by atoms with Crippen molar-refractivity contribution in [3.8, 4) is 167 Å². The van der Waals surface area contributed by atoms with Gasteiger partial charge in [0, 0.05) is 0 Å². The van der Waals surface area contributed by atoms with Crippen LogP contribution in [0.25, 0.3) is 167 Å². The van der Waals surface area contributed by atoms with Crippen LogP contribution in [0.3, 0.4) is 0 Å². The zero-order valence-electron chi connectivity index (χ0n) is 80.8. The van der Waals surface area contributed by atoms with Crippen LogP contribution < -0.4 is 0 Å². The molecule has 0 bridgehead atoms. The molecule has 0 saturated heterocycles. The molecule has 660 valence electrons. The highest BCUT2D eigenvalue weighted by Gasteiger charge is 2.18. The Kier molecular flexibility index (Phi) is 29.6. The zero-order chi connectivity index (χ0) is 94.0. The van der Waals surface area contributed by atoms with Crippen LogP contribution in [-0.2, 0) is 0 Å². The Balaban J connectivity index is 0.000000123. The quantitative estimate of drug-likeness (QED) is 0.0960. The zero-order valence-corrected chi connectivity index (χ0v) is 80.8. The first-order valence-electron chi connectivity index (χ1n) is 47.3. The first kappa shape index (κ1) is 92.7. The van der Waals surface area contributed by atoms with Gasteiger partial charge in [-0.3, -0.25) is 0 Å². The lowest BCUT2D eigenvalue weighted by Crippen LogP contribution is -1.91. The highest BCUT2D eigenvalue weighted by Crippen LogP contribution is 2.44. The largest absolute Gasteiger partial charge is 0.0620 e. The molecule has 0 amide bonds. The van der Waals surface area contributed by atoms with Gasteiger partial charge in [0.2, 0.25) is 0 Å². The molecule has 0 nitrogen and oxygen atoms in total. The van der Waals surface area contributed by atoms with Crippen LogP contribution in [0, 0.1) is 104 Å². The molecule has 0 spiro atoms. The van der Waals surface area contributed by atoms with E-state index in [4.69, 9.17) is 0 Å². The molecule has 0 aliphatic rings. The van der Waals surface area contributed by atoms with Crippen LogP contribution in [0.1, 0.15) is 83.5 Å². The minimum absolute atomic E-state index is 1.25. The Hall–Kier alpha value is -15.6. The summed E-state index contributed by atoms with van der Waals surface area (Å²) in [5.41, 5.74) is 57.5. The van der Waals surface area contributed by atoms with Gasteiger partial charge in [0.25, 0.3) is 0 Å². The van der Waals surface area contributed by atoms with Crippen LogP contribution in [-0.4, -0.2) is 0 Å². The molecule has 0 heteroatoms. The van der Waals surface area contributed by atoms with E-state index in [9.17, 15) is 0 Å². The smallest absolute Gasteiger partial charge is 0.00990 e. The molecule has 0 unspecified atom stereocenters. The van der Waals surface area contributed by atoms with Crippen molar-refractivity contribution < 1.29 is 0 Å². The number of hydrogen-bond acceptors (Lipinski definition) is 0. The van der Waals surface area contributed by atoms with Crippen LogP contribution in [0.5, 0.6) is 0 Å². The second kappa shape index (κ2) is 43.2. The molecule has 0 saturated carbocycles. The second-order valence-corrected chi connectivity index (χ2v) is 36.8. The Morgan fingerprint density at radius 2 is 0.274 bits per heavy atom. The lowest BCUT2D eigenvalue weighted by molar-refractivity contribution is 1.38. The van der Waals surface area contributed by atoms with E-state index in [2.05, 4.69) is 559 Å². The van der Waals surface area contributed by atoms with Gasteiger partial charge in [-0.15, -0.1) is 0 Å².